The van der Waals surface area contributed by atoms with Crippen molar-refractivity contribution < 1.29 is 14.3 Å². The Morgan fingerprint density at radius 3 is 2.31 bits per heavy atom. The average molecular weight is 461 g/mol. The fourth-order valence-electron chi connectivity index (χ4n) is 2.79. The van der Waals surface area contributed by atoms with Gasteiger partial charge in [-0.3, -0.25) is 9.59 Å². The van der Waals surface area contributed by atoms with Crippen LogP contribution in [0.3, 0.4) is 0 Å². The van der Waals surface area contributed by atoms with Gasteiger partial charge in [0, 0.05) is 16.6 Å². The summed E-state index contributed by atoms with van der Waals surface area (Å²) in [6.45, 7) is 9.70. The van der Waals surface area contributed by atoms with Crippen LogP contribution >= 0.6 is 15.9 Å². The Kier molecular flexibility index (Phi) is 7.85. The fraction of sp³-hybridized carbons (Fsp3) is 0.391. The van der Waals surface area contributed by atoms with Gasteiger partial charge in [0.15, 0.2) is 6.61 Å². The Morgan fingerprint density at radius 2 is 1.72 bits per heavy atom. The lowest BCUT2D eigenvalue weighted by Gasteiger charge is -2.31. The van der Waals surface area contributed by atoms with Crippen LogP contribution in [-0.2, 0) is 16.1 Å². The highest BCUT2D eigenvalue weighted by atomic mass is 79.9. The molecule has 156 valence electrons. The molecule has 0 aliphatic carbocycles. The summed E-state index contributed by atoms with van der Waals surface area (Å²) < 4.78 is 6.59. The predicted molar refractivity (Wildman–Crippen MR) is 119 cm³/mol. The van der Waals surface area contributed by atoms with Gasteiger partial charge >= 0.3 is 0 Å². The van der Waals surface area contributed by atoms with Gasteiger partial charge in [-0.05, 0) is 70.0 Å². The van der Waals surface area contributed by atoms with Crippen LogP contribution < -0.4 is 10.1 Å². The molecule has 2 aromatic rings. The van der Waals surface area contributed by atoms with Crippen molar-refractivity contribution in [3.8, 4) is 5.75 Å². The third kappa shape index (κ3) is 7.20. The maximum absolute atomic E-state index is 13.0. The zero-order chi connectivity index (χ0) is 21.6. The summed E-state index contributed by atoms with van der Waals surface area (Å²) in [6.07, 6.45) is 0. The van der Waals surface area contributed by atoms with Crippen LogP contribution in [-0.4, -0.2) is 34.9 Å². The van der Waals surface area contributed by atoms with Crippen molar-refractivity contribution in [1.82, 2.24) is 10.2 Å². The van der Waals surface area contributed by atoms with Crippen LogP contribution in [0.5, 0.6) is 5.75 Å². The molecule has 0 aliphatic rings. The quantitative estimate of drug-likeness (QED) is 0.662. The van der Waals surface area contributed by atoms with Crippen LogP contribution in [0.4, 0.5) is 0 Å². The molecule has 0 saturated heterocycles. The van der Waals surface area contributed by atoms with Crippen LogP contribution in [0.1, 0.15) is 38.8 Å². The van der Waals surface area contributed by atoms with Gasteiger partial charge in [0.1, 0.15) is 11.8 Å². The Labute approximate surface area is 181 Å². The Hall–Kier alpha value is -2.34. The minimum atomic E-state index is -0.630. The van der Waals surface area contributed by atoms with Crippen LogP contribution in [0, 0.1) is 6.92 Å². The van der Waals surface area contributed by atoms with Crippen molar-refractivity contribution in [2.24, 2.45) is 0 Å². The van der Waals surface area contributed by atoms with Gasteiger partial charge in [0.25, 0.3) is 5.91 Å². The van der Waals surface area contributed by atoms with E-state index in [2.05, 4.69) is 21.2 Å². The van der Waals surface area contributed by atoms with E-state index in [4.69, 9.17) is 4.74 Å². The molecular weight excluding hydrogens is 432 g/mol. The normalized spacial score (nSPS) is 12.2. The van der Waals surface area contributed by atoms with Crippen molar-refractivity contribution in [3.05, 3.63) is 64.1 Å². The molecule has 5 nitrogen and oxygen atoms in total. The van der Waals surface area contributed by atoms with Crippen molar-refractivity contribution >= 4 is 27.7 Å². The van der Waals surface area contributed by atoms with E-state index in [1.54, 1.807) is 24.0 Å². The number of nitrogens with one attached hydrogen (secondary N) is 1. The van der Waals surface area contributed by atoms with Gasteiger partial charge in [-0.25, -0.2) is 0 Å². The molecule has 1 atom stereocenters. The number of amides is 2. The van der Waals surface area contributed by atoms with Crippen molar-refractivity contribution in [2.45, 2.75) is 52.7 Å². The number of halogens is 1. The number of nitrogens with zero attached hydrogens (tertiary/aromatic N) is 1. The van der Waals surface area contributed by atoms with E-state index in [9.17, 15) is 9.59 Å². The van der Waals surface area contributed by atoms with Crippen LogP contribution in [0.2, 0.25) is 0 Å². The van der Waals surface area contributed by atoms with E-state index in [0.717, 1.165) is 15.6 Å². The van der Waals surface area contributed by atoms with Gasteiger partial charge in [-0.2, -0.15) is 0 Å². The minimum absolute atomic E-state index is 0.138. The highest BCUT2D eigenvalue weighted by Crippen LogP contribution is 2.18. The lowest BCUT2D eigenvalue weighted by Crippen LogP contribution is -2.53. The molecule has 2 aromatic carbocycles. The molecule has 0 radical (unpaired) electrons. The van der Waals surface area contributed by atoms with Gasteiger partial charge < -0.3 is 15.0 Å². The van der Waals surface area contributed by atoms with E-state index in [0.29, 0.717) is 12.3 Å². The smallest absolute Gasteiger partial charge is 0.261 e. The number of ether oxygens (including phenoxy) is 1. The zero-order valence-electron chi connectivity index (χ0n) is 17.7. The highest BCUT2D eigenvalue weighted by molar-refractivity contribution is 9.10. The summed E-state index contributed by atoms with van der Waals surface area (Å²) >= 11 is 3.38. The first kappa shape index (κ1) is 22.9. The number of rotatable bonds is 7. The lowest BCUT2D eigenvalue weighted by molar-refractivity contribution is -0.142. The van der Waals surface area contributed by atoms with Crippen molar-refractivity contribution in [1.29, 1.82) is 0 Å². The fourth-order valence-corrected chi connectivity index (χ4v) is 3.05. The number of aryl methyl sites for hydroxylation is 1. The Bertz CT molecular complexity index is 844. The second-order valence-corrected chi connectivity index (χ2v) is 9.02. The van der Waals surface area contributed by atoms with Gasteiger partial charge in [-0.15, -0.1) is 0 Å². The van der Waals surface area contributed by atoms with Crippen molar-refractivity contribution in [2.75, 3.05) is 6.61 Å². The zero-order valence-corrected chi connectivity index (χ0v) is 19.2. The third-order valence-corrected chi connectivity index (χ3v) is 4.97. The summed E-state index contributed by atoms with van der Waals surface area (Å²) in [6, 6.07) is 14.5. The molecule has 0 bridgehead atoms. The van der Waals surface area contributed by atoms with Crippen LogP contribution in [0.25, 0.3) is 0 Å². The molecule has 2 amide bonds. The molecule has 0 saturated carbocycles. The third-order valence-electron chi connectivity index (χ3n) is 4.44. The summed E-state index contributed by atoms with van der Waals surface area (Å²) in [4.78, 5) is 27.3. The molecule has 2 rings (SSSR count). The Morgan fingerprint density at radius 1 is 1.10 bits per heavy atom. The molecule has 0 fully saturated rings. The lowest BCUT2D eigenvalue weighted by atomic mass is 10.1. The average Bonchev–Trinajstić information content (AvgIpc) is 2.65. The molecule has 0 heterocycles. The summed E-state index contributed by atoms with van der Waals surface area (Å²) in [5.74, 6) is 0.167. The molecule has 0 aromatic heterocycles. The Balaban J connectivity index is 2.18. The topological polar surface area (TPSA) is 58.6 Å². The summed E-state index contributed by atoms with van der Waals surface area (Å²) in [5.41, 5.74) is 1.69. The molecule has 29 heavy (non-hydrogen) atoms. The first-order valence-electron chi connectivity index (χ1n) is 9.61. The summed E-state index contributed by atoms with van der Waals surface area (Å²) in [5, 5.41) is 2.96. The standard InChI is InChI=1S/C23H29BrN2O3/c1-16-8-6-7-9-18(16)14-26(17(2)22(28)25-23(3,4)5)21(27)15-29-20-12-10-19(24)11-13-20/h6-13,17H,14-15H2,1-5H3,(H,25,28)/t17-/m1/s1. The number of hydrogen-bond donors (Lipinski definition) is 1. The minimum Gasteiger partial charge on any atom is -0.484 e. The van der Waals surface area contributed by atoms with E-state index in [1.165, 1.54) is 0 Å². The van der Waals surface area contributed by atoms with Crippen molar-refractivity contribution in [3.63, 3.8) is 0 Å². The van der Waals surface area contributed by atoms with E-state index >= 15 is 0 Å². The van der Waals surface area contributed by atoms with E-state index in [-0.39, 0.29) is 24.0 Å². The van der Waals surface area contributed by atoms with Gasteiger partial charge in [0.2, 0.25) is 5.91 Å². The maximum Gasteiger partial charge on any atom is 0.261 e. The predicted octanol–water partition coefficient (Wildman–Crippen LogP) is 4.47. The summed E-state index contributed by atoms with van der Waals surface area (Å²) in [7, 11) is 0. The molecule has 0 aliphatic heterocycles. The molecule has 0 spiro atoms. The first-order valence-corrected chi connectivity index (χ1v) is 10.4. The molecular formula is C23H29BrN2O3. The number of benzene rings is 2. The van der Waals surface area contributed by atoms with Crippen LogP contribution in [0.15, 0.2) is 53.0 Å². The SMILES string of the molecule is Cc1ccccc1CN(C(=O)COc1ccc(Br)cc1)[C@H](C)C(=O)NC(C)(C)C. The van der Waals surface area contributed by atoms with Gasteiger partial charge in [-0.1, -0.05) is 40.2 Å². The number of carbonyl (C=O) groups is 2. The molecule has 1 N–H and O–H groups in total. The molecule has 6 heteroatoms. The highest BCUT2D eigenvalue weighted by Gasteiger charge is 2.28. The second kappa shape index (κ2) is 9.92. The van der Waals surface area contributed by atoms with E-state index in [1.807, 2.05) is 64.1 Å². The maximum atomic E-state index is 13.0. The number of carbonyl (C=O) groups excluding carboxylic acids is 2. The first-order chi connectivity index (χ1) is 13.6. The van der Waals surface area contributed by atoms with Gasteiger partial charge in [0.05, 0.1) is 0 Å². The largest absolute Gasteiger partial charge is 0.484 e. The molecule has 0 unspecified atom stereocenters. The second-order valence-electron chi connectivity index (χ2n) is 8.11. The number of hydrogen-bond acceptors (Lipinski definition) is 3. The van der Waals surface area contributed by atoms with E-state index < -0.39 is 6.04 Å². The monoisotopic (exact) mass is 460 g/mol.